The summed E-state index contributed by atoms with van der Waals surface area (Å²) in [5.74, 6) is 0.123. The summed E-state index contributed by atoms with van der Waals surface area (Å²) in [6.45, 7) is 18.6. The Morgan fingerprint density at radius 3 is 2.21 bits per heavy atom. The summed E-state index contributed by atoms with van der Waals surface area (Å²) in [6.07, 6.45) is 3.29. The Balaban J connectivity index is 0.00000288. The van der Waals surface area contributed by atoms with E-state index in [1.165, 1.54) is 12.8 Å². The van der Waals surface area contributed by atoms with Crippen LogP contribution >= 0.6 is 0 Å². The molecule has 1 aromatic carbocycles. The molecule has 0 saturated carbocycles. The van der Waals surface area contributed by atoms with Gasteiger partial charge in [-0.3, -0.25) is 4.79 Å². The standard InChI is InChI=1S/C19H27N3O.Y/c1-6-17(22(7-2)10-8-9-11-22)19(23)21-18-14(3)12-16(20-5)13-15(18)4;/h12-13,17H,6-11H2,1-4H3;/p+1. The van der Waals surface area contributed by atoms with Crippen molar-refractivity contribution in [3.05, 3.63) is 34.7 Å². The second kappa shape index (κ2) is 9.08. The van der Waals surface area contributed by atoms with Crippen molar-refractivity contribution in [2.75, 3.05) is 25.0 Å². The average molecular weight is 403 g/mol. The number of nitrogens with one attached hydrogen (secondary N) is 1. The molecule has 24 heavy (non-hydrogen) atoms. The number of amides is 1. The third-order valence-corrected chi connectivity index (χ3v) is 5.33. The van der Waals surface area contributed by atoms with E-state index in [0.29, 0.717) is 5.69 Å². The van der Waals surface area contributed by atoms with E-state index in [1.54, 1.807) is 0 Å². The first-order valence-corrected chi connectivity index (χ1v) is 8.62. The summed E-state index contributed by atoms with van der Waals surface area (Å²) >= 11 is 0. The molecule has 1 radical (unpaired) electrons. The van der Waals surface area contributed by atoms with E-state index in [9.17, 15) is 4.79 Å². The molecule has 1 heterocycles. The maximum atomic E-state index is 13.0. The van der Waals surface area contributed by atoms with Crippen LogP contribution in [-0.2, 0) is 37.5 Å². The normalized spacial score (nSPS) is 16.8. The number of likely N-dealkylation sites (tertiary alicyclic amines) is 1. The maximum Gasteiger partial charge on any atom is 0.282 e. The largest absolute Gasteiger partial charge is 0.321 e. The number of aryl methyl sites for hydroxylation is 2. The molecular formula is C19H28N3OY+. The van der Waals surface area contributed by atoms with Gasteiger partial charge >= 0.3 is 0 Å². The van der Waals surface area contributed by atoms with Crippen molar-refractivity contribution >= 4 is 17.3 Å². The van der Waals surface area contributed by atoms with Crippen molar-refractivity contribution < 1.29 is 42.0 Å². The molecule has 0 aliphatic carbocycles. The summed E-state index contributed by atoms with van der Waals surface area (Å²) in [4.78, 5) is 16.5. The molecule has 0 bridgehead atoms. The summed E-state index contributed by atoms with van der Waals surface area (Å²) < 4.78 is 0.917. The summed E-state index contributed by atoms with van der Waals surface area (Å²) in [6, 6.07) is 3.70. The molecule has 1 fully saturated rings. The molecule has 127 valence electrons. The first-order valence-electron chi connectivity index (χ1n) is 8.62. The Morgan fingerprint density at radius 2 is 1.79 bits per heavy atom. The second-order valence-corrected chi connectivity index (χ2v) is 6.67. The second-order valence-electron chi connectivity index (χ2n) is 6.67. The number of rotatable bonds is 5. The van der Waals surface area contributed by atoms with Gasteiger partial charge in [-0.2, -0.15) is 0 Å². The van der Waals surface area contributed by atoms with Gasteiger partial charge in [0.1, 0.15) is 0 Å². The molecule has 2 rings (SSSR count). The zero-order valence-electron chi connectivity index (χ0n) is 15.4. The van der Waals surface area contributed by atoms with Crippen LogP contribution in [-0.4, -0.2) is 36.1 Å². The number of hydrogen-bond acceptors (Lipinski definition) is 1. The Morgan fingerprint density at radius 1 is 1.25 bits per heavy atom. The van der Waals surface area contributed by atoms with E-state index in [0.717, 1.165) is 47.4 Å². The van der Waals surface area contributed by atoms with Crippen molar-refractivity contribution in [2.24, 2.45) is 0 Å². The van der Waals surface area contributed by atoms with E-state index in [4.69, 9.17) is 6.57 Å². The van der Waals surface area contributed by atoms with Gasteiger partial charge in [0.25, 0.3) is 5.91 Å². The fraction of sp³-hybridized carbons (Fsp3) is 0.579. The number of anilines is 1. The summed E-state index contributed by atoms with van der Waals surface area (Å²) in [7, 11) is 0. The van der Waals surface area contributed by atoms with Gasteiger partial charge in [-0.25, -0.2) is 4.85 Å². The van der Waals surface area contributed by atoms with Crippen molar-refractivity contribution in [3.63, 3.8) is 0 Å². The van der Waals surface area contributed by atoms with Crippen LogP contribution in [0.5, 0.6) is 0 Å². The molecule has 0 aromatic heterocycles. The van der Waals surface area contributed by atoms with Crippen LogP contribution in [0.4, 0.5) is 11.4 Å². The molecule has 1 aliphatic rings. The zero-order chi connectivity index (χ0) is 17.0. The number of quaternary nitrogens is 1. The SMILES string of the molecule is [C-]#[N+]c1cc(C)c(NC(=O)C(CC)[N+]2(CC)CCCC2)c(C)c1.[Y]. The van der Waals surface area contributed by atoms with E-state index >= 15 is 0 Å². The van der Waals surface area contributed by atoms with Gasteiger partial charge in [0.05, 0.1) is 26.2 Å². The van der Waals surface area contributed by atoms with Gasteiger partial charge in [0.2, 0.25) is 0 Å². The molecule has 1 aliphatic heterocycles. The summed E-state index contributed by atoms with van der Waals surface area (Å²) in [5, 5.41) is 3.16. The molecule has 0 spiro atoms. The minimum Gasteiger partial charge on any atom is -0.321 e. The average Bonchev–Trinajstić information content (AvgIpc) is 3.01. The van der Waals surface area contributed by atoms with Crippen LogP contribution in [0, 0.1) is 20.4 Å². The van der Waals surface area contributed by atoms with E-state index in [1.807, 2.05) is 26.0 Å². The van der Waals surface area contributed by atoms with Crippen LogP contribution in [0.15, 0.2) is 12.1 Å². The molecule has 1 unspecified atom stereocenters. The number of hydrogen-bond donors (Lipinski definition) is 1. The number of nitrogens with zero attached hydrogens (tertiary/aromatic N) is 2. The predicted octanol–water partition coefficient (Wildman–Crippen LogP) is 4.20. The van der Waals surface area contributed by atoms with Crippen molar-refractivity contribution in [1.82, 2.24) is 0 Å². The van der Waals surface area contributed by atoms with Crippen molar-refractivity contribution in [3.8, 4) is 0 Å². The van der Waals surface area contributed by atoms with Crippen LogP contribution in [0.3, 0.4) is 0 Å². The van der Waals surface area contributed by atoms with Gasteiger partial charge < -0.3 is 9.80 Å². The molecule has 4 nitrogen and oxygen atoms in total. The molecule has 1 amide bonds. The van der Waals surface area contributed by atoms with Crippen molar-refractivity contribution in [2.45, 2.75) is 53.0 Å². The van der Waals surface area contributed by atoms with E-state index < -0.39 is 0 Å². The van der Waals surface area contributed by atoms with E-state index in [-0.39, 0.29) is 44.7 Å². The van der Waals surface area contributed by atoms with Crippen LogP contribution in [0.1, 0.15) is 44.2 Å². The predicted molar refractivity (Wildman–Crippen MR) is 94.7 cm³/mol. The number of benzene rings is 1. The Labute approximate surface area is 171 Å². The van der Waals surface area contributed by atoms with Gasteiger partial charge in [-0.1, -0.05) is 19.1 Å². The summed E-state index contributed by atoms with van der Waals surface area (Å²) in [5.41, 5.74) is 3.42. The Kier molecular flexibility index (Phi) is 8.06. The van der Waals surface area contributed by atoms with Crippen LogP contribution in [0.25, 0.3) is 4.85 Å². The molecule has 1 N–H and O–H groups in total. The number of likely N-dealkylation sites (N-methyl/N-ethyl adjacent to an activating group) is 1. The minimum atomic E-state index is 0. The number of carbonyl (C=O) groups is 1. The fourth-order valence-electron chi connectivity index (χ4n) is 4.04. The van der Waals surface area contributed by atoms with Gasteiger partial charge in [0.15, 0.2) is 11.7 Å². The van der Waals surface area contributed by atoms with Crippen LogP contribution in [0.2, 0.25) is 0 Å². The smallest absolute Gasteiger partial charge is 0.282 e. The van der Waals surface area contributed by atoms with Gasteiger partial charge in [-0.05, 0) is 31.9 Å². The minimum absolute atomic E-state index is 0. The topological polar surface area (TPSA) is 33.5 Å². The molecular weight excluding hydrogens is 375 g/mol. The first kappa shape index (κ1) is 21.3. The van der Waals surface area contributed by atoms with Crippen LogP contribution < -0.4 is 5.32 Å². The Hall–Kier alpha value is -0.756. The quantitative estimate of drug-likeness (QED) is 0.580. The molecule has 1 aromatic rings. The monoisotopic (exact) mass is 403 g/mol. The van der Waals surface area contributed by atoms with Crippen molar-refractivity contribution in [1.29, 1.82) is 0 Å². The Bertz CT molecular complexity index is 607. The first-order chi connectivity index (χ1) is 11.0. The molecule has 5 heteroatoms. The molecule has 1 atom stereocenters. The fourth-order valence-corrected chi connectivity index (χ4v) is 4.04. The van der Waals surface area contributed by atoms with E-state index in [2.05, 4.69) is 24.0 Å². The third-order valence-electron chi connectivity index (χ3n) is 5.33. The van der Waals surface area contributed by atoms with Gasteiger partial charge in [-0.15, -0.1) is 0 Å². The van der Waals surface area contributed by atoms with Gasteiger partial charge in [0, 0.05) is 57.7 Å². The third kappa shape index (κ3) is 4.25. The molecule has 1 saturated heterocycles. The zero-order valence-corrected chi connectivity index (χ0v) is 18.2. The maximum absolute atomic E-state index is 13.0. The number of carbonyl (C=O) groups excluding carboxylic acids is 1.